The van der Waals surface area contributed by atoms with E-state index in [1.54, 1.807) is 18.5 Å². The quantitative estimate of drug-likeness (QED) is 0.829. The fourth-order valence-electron chi connectivity index (χ4n) is 3.76. The molecule has 3 aliphatic rings. The fraction of sp³-hybridized carbons (Fsp3) is 0.333. The molecule has 0 radical (unpaired) electrons. The predicted molar refractivity (Wildman–Crippen MR) is 98.0 cm³/mol. The zero-order chi connectivity index (χ0) is 19.1. The van der Waals surface area contributed by atoms with E-state index in [1.165, 1.54) is 0 Å². The van der Waals surface area contributed by atoms with E-state index in [0.29, 0.717) is 25.3 Å². The van der Waals surface area contributed by atoms with Crippen molar-refractivity contribution in [2.24, 2.45) is 10.2 Å². The van der Waals surface area contributed by atoms with Crippen LogP contribution in [0.25, 0.3) is 0 Å². The standard InChI is InChI=1S/C18H18N8O2/c27-13(21-16-11-3-1-7-19-15(11)23-24-16)5-9-25-17-12(4-2-8-20-17)18-22-14(28)6-10-26(18)25/h1-4,7-8,16,18H,5-6,9-10H2,(H,21,27)(H,22,28)/t16-,18+/m0/s1. The number of anilines is 1. The number of aromatic nitrogens is 2. The van der Waals surface area contributed by atoms with E-state index >= 15 is 0 Å². The van der Waals surface area contributed by atoms with Crippen molar-refractivity contribution < 1.29 is 9.59 Å². The number of amides is 2. The Morgan fingerprint density at radius 3 is 2.93 bits per heavy atom. The van der Waals surface area contributed by atoms with Crippen molar-refractivity contribution >= 4 is 23.5 Å². The summed E-state index contributed by atoms with van der Waals surface area (Å²) in [5.41, 5.74) is 1.74. The first-order valence-electron chi connectivity index (χ1n) is 9.14. The van der Waals surface area contributed by atoms with E-state index in [4.69, 9.17) is 0 Å². The van der Waals surface area contributed by atoms with Crippen LogP contribution >= 0.6 is 0 Å². The monoisotopic (exact) mass is 378 g/mol. The molecule has 2 amide bonds. The van der Waals surface area contributed by atoms with Crippen LogP contribution in [0, 0.1) is 0 Å². The Labute approximate surface area is 160 Å². The minimum Gasteiger partial charge on any atom is -0.335 e. The van der Waals surface area contributed by atoms with Gasteiger partial charge in [-0.3, -0.25) is 14.6 Å². The summed E-state index contributed by atoms with van der Waals surface area (Å²) in [5, 5.41) is 18.0. The molecule has 0 saturated carbocycles. The third-order valence-electron chi connectivity index (χ3n) is 5.06. The first kappa shape index (κ1) is 16.8. The number of pyridine rings is 2. The number of azo groups is 1. The molecule has 0 aliphatic carbocycles. The van der Waals surface area contributed by atoms with Crippen LogP contribution < -0.4 is 15.6 Å². The predicted octanol–water partition coefficient (Wildman–Crippen LogP) is 1.33. The van der Waals surface area contributed by atoms with Gasteiger partial charge in [-0.1, -0.05) is 6.07 Å². The normalized spacial score (nSPS) is 22.4. The molecule has 5 heterocycles. The molecule has 3 aliphatic heterocycles. The van der Waals surface area contributed by atoms with E-state index < -0.39 is 6.17 Å². The maximum atomic E-state index is 12.5. The second kappa shape index (κ2) is 6.64. The lowest BCUT2D eigenvalue weighted by Gasteiger charge is -2.36. The van der Waals surface area contributed by atoms with Gasteiger partial charge in [-0.25, -0.2) is 9.97 Å². The SMILES string of the molecule is O=C(CCN1c2ncccc2[C@@H]2NC(=O)CCN21)N[C@H]1N=Nc2ncccc21. The highest BCUT2D eigenvalue weighted by Crippen LogP contribution is 2.38. The molecule has 1 saturated heterocycles. The van der Waals surface area contributed by atoms with Crippen LogP contribution in [0.15, 0.2) is 46.9 Å². The van der Waals surface area contributed by atoms with Crippen molar-refractivity contribution in [1.29, 1.82) is 0 Å². The number of carbonyl (C=O) groups is 2. The molecule has 5 rings (SSSR count). The number of hydrazine groups is 1. The zero-order valence-electron chi connectivity index (χ0n) is 14.9. The lowest BCUT2D eigenvalue weighted by Crippen LogP contribution is -2.52. The van der Waals surface area contributed by atoms with Crippen molar-refractivity contribution in [2.75, 3.05) is 18.1 Å². The summed E-state index contributed by atoms with van der Waals surface area (Å²) in [6.07, 6.45) is 3.31. The number of nitrogens with zero attached hydrogens (tertiary/aromatic N) is 6. The molecular formula is C18H18N8O2. The van der Waals surface area contributed by atoms with Crippen molar-refractivity contribution in [1.82, 2.24) is 25.6 Å². The molecule has 10 heteroatoms. The van der Waals surface area contributed by atoms with E-state index in [1.807, 2.05) is 23.2 Å². The van der Waals surface area contributed by atoms with E-state index in [0.717, 1.165) is 16.9 Å². The van der Waals surface area contributed by atoms with Crippen molar-refractivity contribution in [2.45, 2.75) is 25.2 Å². The summed E-state index contributed by atoms with van der Waals surface area (Å²) in [6.45, 7) is 1.04. The first-order chi connectivity index (χ1) is 13.7. The van der Waals surface area contributed by atoms with Gasteiger partial charge in [-0.2, -0.15) is 10.1 Å². The summed E-state index contributed by atoms with van der Waals surface area (Å²) in [7, 11) is 0. The maximum Gasteiger partial charge on any atom is 0.223 e. The van der Waals surface area contributed by atoms with Gasteiger partial charge in [0.1, 0.15) is 12.0 Å². The van der Waals surface area contributed by atoms with E-state index in [-0.39, 0.29) is 24.4 Å². The largest absolute Gasteiger partial charge is 0.335 e. The highest BCUT2D eigenvalue weighted by molar-refractivity contribution is 5.79. The molecule has 28 heavy (non-hydrogen) atoms. The second-order valence-electron chi connectivity index (χ2n) is 6.77. The van der Waals surface area contributed by atoms with Crippen molar-refractivity contribution in [3.63, 3.8) is 0 Å². The van der Waals surface area contributed by atoms with Crippen LogP contribution in [0.4, 0.5) is 11.6 Å². The third kappa shape index (κ3) is 2.78. The van der Waals surface area contributed by atoms with Gasteiger partial charge < -0.3 is 10.6 Å². The van der Waals surface area contributed by atoms with Gasteiger partial charge in [0.15, 0.2) is 12.0 Å². The summed E-state index contributed by atoms with van der Waals surface area (Å²) in [6, 6.07) is 7.46. The van der Waals surface area contributed by atoms with Crippen LogP contribution in [0.2, 0.25) is 0 Å². The van der Waals surface area contributed by atoms with Crippen LogP contribution in [-0.4, -0.2) is 39.9 Å². The summed E-state index contributed by atoms with van der Waals surface area (Å²) < 4.78 is 0. The Morgan fingerprint density at radius 1 is 1.21 bits per heavy atom. The molecular weight excluding hydrogens is 360 g/mol. The van der Waals surface area contributed by atoms with E-state index in [9.17, 15) is 9.59 Å². The van der Waals surface area contributed by atoms with Crippen LogP contribution in [0.1, 0.15) is 36.3 Å². The molecule has 2 atom stereocenters. The van der Waals surface area contributed by atoms with Gasteiger partial charge in [0.2, 0.25) is 11.8 Å². The van der Waals surface area contributed by atoms with Gasteiger partial charge in [-0.05, 0) is 18.2 Å². The smallest absolute Gasteiger partial charge is 0.223 e. The number of hydrogen-bond donors (Lipinski definition) is 2. The molecule has 0 aromatic carbocycles. The molecule has 0 unspecified atom stereocenters. The molecule has 0 bridgehead atoms. The van der Waals surface area contributed by atoms with E-state index in [2.05, 4.69) is 35.8 Å². The zero-order valence-corrected chi connectivity index (χ0v) is 14.9. The Morgan fingerprint density at radius 2 is 2.04 bits per heavy atom. The first-order valence-corrected chi connectivity index (χ1v) is 9.14. The average Bonchev–Trinajstić information content (AvgIpc) is 3.25. The minimum absolute atomic E-state index is 0.0227. The third-order valence-corrected chi connectivity index (χ3v) is 5.06. The van der Waals surface area contributed by atoms with Crippen molar-refractivity contribution in [3.8, 4) is 0 Å². The Balaban J connectivity index is 1.27. The number of carbonyl (C=O) groups excluding carboxylic acids is 2. The lowest BCUT2D eigenvalue weighted by molar-refractivity contribution is -0.127. The van der Waals surface area contributed by atoms with Gasteiger partial charge in [0.05, 0.1) is 0 Å². The minimum atomic E-state index is -0.498. The second-order valence-corrected chi connectivity index (χ2v) is 6.77. The number of hydrogen-bond acceptors (Lipinski definition) is 8. The number of nitrogens with one attached hydrogen (secondary N) is 2. The summed E-state index contributed by atoms with van der Waals surface area (Å²) in [4.78, 5) is 32.9. The highest BCUT2D eigenvalue weighted by atomic mass is 16.2. The Kier molecular flexibility index (Phi) is 3.97. The molecule has 2 aromatic heterocycles. The molecule has 2 aromatic rings. The van der Waals surface area contributed by atoms with Crippen LogP contribution in [-0.2, 0) is 9.59 Å². The maximum absolute atomic E-state index is 12.5. The van der Waals surface area contributed by atoms with Crippen LogP contribution in [0.5, 0.6) is 0 Å². The van der Waals surface area contributed by atoms with Gasteiger partial charge in [0, 0.05) is 49.5 Å². The molecule has 0 spiro atoms. The van der Waals surface area contributed by atoms with Gasteiger partial charge in [0.25, 0.3) is 0 Å². The van der Waals surface area contributed by atoms with Gasteiger partial charge >= 0.3 is 0 Å². The molecule has 2 N–H and O–H groups in total. The average molecular weight is 378 g/mol. The topological polar surface area (TPSA) is 115 Å². The lowest BCUT2D eigenvalue weighted by atomic mass is 10.2. The highest BCUT2D eigenvalue weighted by Gasteiger charge is 2.40. The number of rotatable bonds is 4. The van der Waals surface area contributed by atoms with Gasteiger partial charge in [-0.15, -0.1) is 5.11 Å². The molecule has 142 valence electrons. The summed E-state index contributed by atoms with van der Waals surface area (Å²) >= 11 is 0. The van der Waals surface area contributed by atoms with Crippen LogP contribution in [0.3, 0.4) is 0 Å². The number of fused-ring (bicyclic) bond motifs is 4. The fourth-order valence-corrected chi connectivity index (χ4v) is 3.76. The Hall–Kier alpha value is -3.40. The molecule has 10 nitrogen and oxygen atoms in total. The summed E-state index contributed by atoms with van der Waals surface area (Å²) in [5.74, 6) is 1.20. The van der Waals surface area contributed by atoms with Crippen molar-refractivity contribution in [3.05, 3.63) is 47.8 Å². The Bertz CT molecular complexity index is 978. The molecule has 1 fully saturated rings.